The number of nitrogens with zero attached hydrogens (tertiary/aromatic N) is 1. The minimum absolute atomic E-state index is 0.126. The number of carbonyl (C=O) groups is 1. The summed E-state index contributed by atoms with van der Waals surface area (Å²) in [5, 5.41) is 9.73. The minimum atomic E-state index is -0.738. The molecule has 1 aliphatic rings. The molecule has 0 radical (unpaired) electrons. The smallest absolute Gasteiger partial charge is 0.254 e. The van der Waals surface area contributed by atoms with Gasteiger partial charge in [0.2, 0.25) is 0 Å². The van der Waals surface area contributed by atoms with E-state index < -0.39 is 12.2 Å². The molecule has 1 saturated heterocycles. The zero-order valence-electron chi connectivity index (χ0n) is 8.72. The summed E-state index contributed by atoms with van der Waals surface area (Å²) in [5.41, 5.74) is 0. The topological polar surface area (TPSA) is 49.8 Å². The number of aliphatic hydroxyl groups excluding tert-OH is 1. The summed E-state index contributed by atoms with van der Waals surface area (Å²) in [6, 6.07) is -0.350. The molecule has 4 nitrogen and oxygen atoms in total. The summed E-state index contributed by atoms with van der Waals surface area (Å²) < 4.78 is 5.00. The Morgan fingerprint density at radius 3 is 3.00 bits per heavy atom. The molecule has 1 heterocycles. The van der Waals surface area contributed by atoms with Gasteiger partial charge in [-0.3, -0.25) is 4.79 Å². The van der Waals surface area contributed by atoms with Gasteiger partial charge in [0.05, 0.1) is 12.1 Å². The van der Waals surface area contributed by atoms with Crippen LogP contribution in [0.4, 0.5) is 0 Å². The summed E-state index contributed by atoms with van der Waals surface area (Å²) >= 11 is 0. The zero-order valence-corrected chi connectivity index (χ0v) is 8.72. The van der Waals surface area contributed by atoms with Crippen LogP contribution in [-0.2, 0) is 9.53 Å². The molecule has 0 aliphatic carbocycles. The number of amides is 1. The predicted molar refractivity (Wildman–Crippen MR) is 56.0 cm³/mol. The average Bonchev–Trinajstić information content (AvgIpc) is 2.22. The van der Waals surface area contributed by atoms with Crippen LogP contribution < -0.4 is 0 Å². The monoisotopic (exact) mass is 209 g/mol. The molecular formula is C11H15NO3. The highest BCUT2D eigenvalue weighted by Gasteiger charge is 2.50. The molecule has 15 heavy (non-hydrogen) atoms. The molecule has 1 amide bonds. The molecule has 3 atom stereocenters. The maximum absolute atomic E-state index is 11.5. The van der Waals surface area contributed by atoms with Crippen molar-refractivity contribution in [3.8, 4) is 12.3 Å². The van der Waals surface area contributed by atoms with Gasteiger partial charge in [0.15, 0.2) is 6.10 Å². The molecule has 0 bridgehead atoms. The maximum atomic E-state index is 11.5. The summed E-state index contributed by atoms with van der Waals surface area (Å²) in [6.07, 6.45) is 5.62. The Kier molecular flexibility index (Phi) is 3.89. The quantitative estimate of drug-likeness (QED) is 0.387. The molecule has 1 rings (SSSR count). The summed E-state index contributed by atoms with van der Waals surface area (Å²) in [5.74, 6) is 2.24. The van der Waals surface area contributed by atoms with Gasteiger partial charge < -0.3 is 14.7 Å². The molecule has 1 fully saturated rings. The minimum Gasteiger partial charge on any atom is -0.390 e. The molecule has 82 valence electrons. The Balaban J connectivity index is 2.69. The van der Waals surface area contributed by atoms with Gasteiger partial charge in [-0.2, -0.15) is 0 Å². The van der Waals surface area contributed by atoms with Crippen LogP contribution in [0.3, 0.4) is 0 Å². The van der Waals surface area contributed by atoms with Gasteiger partial charge in [0.1, 0.15) is 0 Å². The van der Waals surface area contributed by atoms with E-state index in [9.17, 15) is 9.90 Å². The Hall–Kier alpha value is -1.31. The van der Waals surface area contributed by atoms with Crippen molar-refractivity contribution in [2.24, 2.45) is 0 Å². The van der Waals surface area contributed by atoms with Gasteiger partial charge in [0, 0.05) is 20.1 Å². The van der Waals surface area contributed by atoms with Crippen LogP contribution in [0.5, 0.6) is 0 Å². The lowest BCUT2D eigenvalue weighted by atomic mass is 9.91. The second-order valence-corrected chi connectivity index (χ2v) is 3.40. The Morgan fingerprint density at radius 2 is 2.53 bits per heavy atom. The number of rotatable bonds is 5. The standard InChI is InChI=1S/C11H15NO3/c1-4-6-8(13)9-10(15-3)11(14)12(9)7-5-2/h1,5,8-10,13H,2,6-7H2,3H3/t8-,9-,10+/m0/s1. The van der Waals surface area contributed by atoms with Gasteiger partial charge >= 0.3 is 0 Å². The van der Waals surface area contributed by atoms with E-state index in [-0.39, 0.29) is 18.4 Å². The molecule has 0 spiro atoms. The molecule has 0 aromatic rings. The molecule has 1 aliphatic heterocycles. The van der Waals surface area contributed by atoms with Crippen molar-refractivity contribution in [2.45, 2.75) is 24.7 Å². The normalized spacial score (nSPS) is 26.7. The van der Waals surface area contributed by atoms with Crippen LogP contribution in [0.2, 0.25) is 0 Å². The highest BCUT2D eigenvalue weighted by atomic mass is 16.5. The lowest BCUT2D eigenvalue weighted by molar-refractivity contribution is -0.178. The van der Waals surface area contributed by atoms with E-state index in [0.717, 1.165) is 0 Å². The zero-order chi connectivity index (χ0) is 11.4. The van der Waals surface area contributed by atoms with Gasteiger partial charge in [-0.05, 0) is 0 Å². The van der Waals surface area contributed by atoms with Crippen LogP contribution >= 0.6 is 0 Å². The Labute approximate surface area is 89.5 Å². The average molecular weight is 209 g/mol. The fraction of sp³-hybridized carbons (Fsp3) is 0.545. The Bertz CT molecular complexity index is 295. The number of ether oxygens (including phenoxy) is 1. The van der Waals surface area contributed by atoms with Crippen molar-refractivity contribution in [2.75, 3.05) is 13.7 Å². The van der Waals surface area contributed by atoms with E-state index in [1.54, 1.807) is 6.08 Å². The SMILES string of the molecule is C#CC[C@H](O)[C@H]1[C@@H](OC)C(=O)N1CC=C. The van der Waals surface area contributed by atoms with Gasteiger partial charge in [-0.25, -0.2) is 0 Å². The first-order valence-electron chi connectivity index (χ1n) is 4.73. The van der Waals surface area contributed by atoms with E-state index in [4.69, 9.17) is 11.2 Å². The van der Waals surface area contributed by atoms with Crippen LogP contribution in [0.1, 0.15) is 6.42 Å². The van der Waals surface area contributed by atoms with Crippen molar-refractivity contribution < 1.29 is 14.6 Å². The Morgan fingerprint density at radius 1 is 1.87 bits per heavy atom. The third-order valence-electron chi connectivity index (χ3n) is 2.50. The number of β-lactam (4-membered cyclic amide) rings is 1. The first-order chi connectivity index (χ1) is 7.17. The predicted octanol–water partition coefficient (Wildman–Crippen LogP) is -0.218. The lowest BCUT2D eigenvalue weighted by Crippen LogP contribution is -2.69. The lowest BCUT2D eigenvalue weighted by Gasteiger charge is -2.47. The van der Waals surface area contributed by atoms with Crippen molar-refractivity contribution in [3.63, 3.8) is 0 Å². The van der Waals surface area contributed by atoms with E-state index in [1.807, 2.05) is 0 Å². The fourth-order valence-electron chi connectivity index (χ4n) is 1.78. The highest BCUT2D eigenvalue weighted by Crippen LogP contribution is 2.26. The molecule has 0 unspecified atom stereocenters. The maximum Gasteiger partial charge on any atom is 0.254 e. The summed E-state index contributed by atoms with van der Waals surface area (Å²) in [6.45, 7) is 3.96. The van der Waals surface area contributed by atoms with Crippen molar-refractivity contribution >= 4 is 5.91 Å². The number of carbonyl (C=O) groups excluding carboxylic acids is 1. The van der Waals surface area contributed by atoms with Crippen molar-refractivity contribution in [3.05, 3.63) is 12.7 Å². The molecule has 4 heteroatoms. The second kappa shape index (κ2) is 4.96. The van der Waals surface area contributed by atoms with E-state index in [1.165, 1.54) is 12.0 Å². The first-order valence-corrected chi connectivity index (χ1v) is 4.73. The summed E-state index contributed by atoms with van der Waals surface area (Å²) in [7, 11) is 1.45. The van der Waals surface area contributed by atoms with Crippen LogP contribution in [0.15, 0.2) is 12.7 Å². The van der Waals surface area contributed by atoms with Crippen LogP contribution in [0.25, 0.3) is 0 Å². The van der Waals surface area contributed by atoms with Gasteiger partial charge in [-0.1, -0.05) is 6.08 Å². The largest absolute Gasteiger partial charge is 0.390 e. The van der Waals surface area contributed by atoms with E-state index in [0.29, 0.717) is 6.54 Å². The van der Waals surface area contributed by atoms with Crippen LogP contribution in [-0.4, -0.2) is 47.8 Å². The van der Waals surface area contributed by atoms with E-state index in [2.05, 4.69) is 12.5 Å². The highest BCUT2D eigenvalue weighted by molar-refractivity contribution is 5.88. The first kappa shape index (κ1) is 11.8. The van der Waals surface area contributed by atoms with Crippen molar-refractivity contribution in [1.29, 1.82) is 0 Å². The fourth-order valence-corrected chi connectivity index (χ4v) is 1.78. The van der Waals surface area contributed by atoms with Gasteiger partial charge in [0.25, 0.3) is 5.91 Å². The summed E-state index contributed by atoms with van der Waals surface area (Å²) in [4.78, 5) is 13.0. The number of methoxy groups -OCH3 is 1. The molecule has 1 N–H and O–H groups in total. The third kappa shape index (κ3) is 2.04. The van der Waals surface area contributed by atoms with Crippen LogP contribution in [0, 0.1) is 12.3 Å². The second-order valence-electron chi connectivity index (χ2n) is 3.40. The number of hydrogen-bond donors (Lipinski definition) is 1. The molecular weight excluding hydrogens is 194 g/mol. The number of terminal acetylenes is 1. The molecule has 0 aromatic carbocycles. The van der Waals surface area contributed by atoms with Crippen molar-refractivity contribution in [1.82, 2.24) is 4.90 Å². The third-order valence-corrected chi connectivity index (χ3v) is 2.50. The number of hydrogen-bond acceptors (Lipinski definition) is 3. The molecule has 0 saturated carbocycles. The van der Waals surface area contributed by atoms with Gasteiger partial charge in [-0.15, -0.1) is 18.9 Å². The number of likely N-dealkylation sites (tertiary alicyclic amines) is 1. The number of aliphatic hydroxyl groups is 1. The van der Waals surface area contributed by atoms with E-state index >= 15 is 0 Å². The molecule has 0 aromatic heterocycles.